The van der Waals surface area contributed by atoms with Gasteiger partial charge >= 0.3 is 23.9 Å². The van der Waals surface area contributed by atoms with E-state index in [1.165, 1.54) is 96.3 Å². The van der Waals surface area contributed by atoms with Gasteiger partial charge in [0.1, 0.15) is 18.8 Å². The summed E-state index contributed by atoms with van der Waals surface area (Å²) in [5.74, 6) is -3.29. The highest BCUT2D eigenvalue weighted by atomic mass is 16.7. The highest BCUT2D eigenvalue weighted by Crippen LogP contribution is 2.26. The van der Waals surface area contributed by atoms with Crippen molar-refractivity contribution in [3.05, 3.63) is 85.1 Å². The topological polar surface area (TPSA) is 175 Å². The van der Waals surface area contributed by atoms with Gasteiger partial charge in [0, 0.05) is 12.8 Å². The average molecular weight is 1050 g/mol. The van der Waals surface area contributed by atoms with Crippen LogP contribution < -0.4 is 0 Å². The smallest absolute Gasteiger partial charge is 0.335 e. The Hall–Kier alpha value is -4.10. The van der Waals surface area contributed by atoms with Crippen LogP contribution in [0.15, 0.2) is 85.1 Å². The lowest BCUT2D eigenvalue weighted by Crippen LogP contribution is -2.61. The third-order valence-corrected chi connectivity index (χ3v) is 13.0. The number of aliphatic carboxylic acids is 1. The Morgan fingerprint density at radius 2 is 0.880 bits per heavy atom. The second kappa shape index (κ2) is 50.7. The number of hydrogen-bond acceptors (Lipinski definition) is 11. The zero-order valence-corrected chi connectivity index (χ0v) is 47.0. The molecule has 75 heavy (non-hydrogen) atoms. The zero-order chi connectivity index (χ0) is 54.7. The minimum Gasteiger partial charge on any atom is -0.479 e. The molecule has 1 aliphatic rings. The Labute approximate surface area is 454 Å². The molecule has 1 saturated heterocycles. The van der Waals surface area contributed by atoms with Gasteiger partial charge in [-0.15, -0.1) is 0 Å². The van der Waals surface area contributed by atoms with Crippen molar-refractivity contribution in [3.8, 4) is 0 Å². The van der Waals surface area contributed by atoms with Crippen molar-refractivity contribution in [3.63, 3.8) is 0 Å². The van der Waals surface area contributed by atoms with E-state index in [9.17, 15) is 34.5 Å². The number of carboxylic acids is 1. The summed E-state index contributed by atoms with van der Waals surface area (Å²) >= 11 is 0. The number of hydrogen-bond donors (Lipinski definition) is 3. The first-order valence-electron chi connectivity index (χ1n) is 29.6. The average Bonchev–Trinajstić information content (AvgIpc) is 3.39. The molecule has 12 heteroatoms. The molecule has 6 unspecified atom stereocenters. The lowest BCUT2D eigenvalue weighted by molar-refractivity contribution is -0.301. The Morgan fingerprint density at radius 1 is 0.467 bits per heavy atom. The number of ether oxygens (including phenoxy) is 5. The maximum Gasteiger partial charge on any atom is 0.335 e. The fraction of sp³-hybridized carbons (Fsp3) is 0.714. The van der Waals surface area contributed by atoms with Gasteiger partial charge in [0.25, 0.3) is 0 Å². The van der Waals surface area contributed by atoms with Crippen LogP contribution in [0.1, 0.15) is 239 Å². The van der Waals surface area contributed by atoms with E-state index in [1.807, 2.05) is 12.2 Å². The molecule has 0 amide bonds. The summed E-state index contributed by atoms with van der Waals surface area (Å²) < 4.78 is 28.3. The number of rotatable bonds is 49. The van der Waals surface area contributed by atoms with Gasteiger partial charge in [0.05, 0.1) is 13.0 Å². The first kappa shape index (κ1) is 68.9. The van der Waals surface area contributed by atoms with Gasteiger partial charge in [-0.25, -0.2) is 4.79 Å². The molecule has 1 aliphatic heterocycles. The number of carbonyl (C=O) groups excluding carboxylic acids is 3. The monoisotopic (exact) mass is 1050 g/mol. The minimum absolute atomic E-state index is 0.0157. The van der Waals surface area contributed by atoms with Crippen molar-refractivity contribution in [2.45, 2.75) is 276 Å². The summed E-state index contributed by atoms with van der Waals surface area (Å²) in [7, 11) is 0. The van der Waals surface area contributed by atoms with Gasteiger partial charge in [-0.1, -0.05) is 228 Å². The predicted octanol–water partition coefficient (Wildman–Crippen LogP) is 15.1. The molecule has 0 saturated carbocycles. The van der Waals surface area contributed by atoms with Crippen molar-refractivity contribution in [1.29, 1.82) is 0 Å². The van der Waals surface area contributed by atoms with E-state index in [0.717, 1.165) is 83.5 Å². The Kier molecular flexibility index (Phi) is 46.6. The molecule has 0 spiro atoms. The highest BCUT2D eigenvalue weighted by Gasteiger charge is 2.50. The maximum atomic E-state index is 13.1. The van der Waals surface area contributed by atoms with E-state index >= 15 is 0 Å². The molecule has 1 rings (SSSR count). The molecule has 0 aromatic heterocycles. The van der Waals surface area contributed by atoms with Crippen LogP contribution >= 0.6 is 0 Å². The van der Waals surface area contributed by atoms with Gasteiger partial charge in [-0.2, -0.15) is 0 Å². The second-order valence-corrected chi connectivity index (χ2v) is 19.9. The number of aliphatic hydroxyl groups excluding tert-OH is 2. The lowest BCUT2D eigenvalue weighted by Gasteiger charge is -2.40. The van der Waals surface area contributed by atoms with Crippen molar-refractivity contribution < 1.29 is 58.2 Å². The van der Waals surface area contributed by atoms with Crippen molar-refractivity contribution in [2.75, 3.05) is 13.2 Å². The normalized spacial score (nSPS) is 18.8. The predicted molar refractivity (Wildman–Crippen MR) is 303 cm³/mol. The van der Waals surface area contributed by atoms with Crippen LogP contribution in [-0.4, -0.2) is 89.2 Å². The van der Waals surface area contributed by atoms with E-state index < -0.39 is 67.3 Å². The summed E-state index contributed by atoms with van der Waals surface area (Å²) in [6.07, 6.45) is 53.0. The van der Waals surface area contributed by atoms with E-state index in [4.69, 9.17) is 23.7 Å². The van der Waals surface area contributed by atoms with Gasteiger partial charge < -0.3 is 39.0 Å². The lowest BCUT2D eigenvalue weighted by atomic mass is 9.98. The van der Waals surface area contributed by atoms with Crippen LogP contribution in [0.2, 0.25) is 0 Å². The van der Waals surface area contributed by atoms with E-state index in [2.05, 4.69) is 87.6 Å². The number of allylic oxidation sites excluding steroid dienone is 13. The van der Waals surface area contributed by atoms with E-state index in [1.54, 1.807) is 6.08 Å². The fourth-order valence-electron chi connectivity index (χ4n) is 8.47. The molecule has 1 fully saturated rings. The molecule has 6 atom stereocenters. The maximum absolute atomic E-state index is 13.1. The highest BCUT2D eigenvalue weighted by molar-refractivity contribution is 5.74. The molecular formula is C63H104O12. The van der Waals surface area contributed by atoms with Crippen molar-refractivity contribution in [1.82, 2.24) is 0 Å². The summed E-state index contributed by atoms with van der Waals surface area (Å²) in [6.45, 7) is 5.75. The quantitative estimate of drug-likeness (QED) is 0.0228. The van der Waals surface area contributed by atoms with E-state index in [0.29, 0.717) is 19.3 Å². The summed E-state index contributed by atoms with van der Waals surface area (Å²) in [5, 5.41) is 31.5. The molecule has 3 N–H and O–H groups in total. The van der Waals surface area contributed by atoms with Crippen molar-refractivity contribution >= 4 is 23.9 Å². The number of esters is 3. The first-order valence-corrected chi connectivity index (χ1v) is 29.6. The molecule has 12 nitrogen and oxygen atoms in total. The molecule has 0 aromatic carbocycles. The summed E-state index contributed by atoms with van der Waals surface area (Å²) in [4.78, 5) is 51.0. The standard InChI is InChI=1S/C63H104O12/c1-4-7-10-13-16-19-22-24-26-27-28-29-31-33-36-39-42-45-48-51-57(66)74-61-59(68)58(67)60(62(69)70)75-63(61)72-53-54(73-56(65)50-47-44-41-38-34-21-18-15-12-9-6-3)52-71-55(64)49-46-43-40-37-35-32-30-25-23-20-17-14-11-8-5-2/h8,11,16-17,19-20,24-26,30,35,37,43,46,54,58-61,63,67-68H,4-7,9-10,12-15,18,21-23,27-29,31-34,36,38-42,44-45,47-53H2,1-3H3,(H,69,70)/b11-8-,19-16-,20-17-,26-24-,30-25-,37-35-,46-43-. The molecule has 428 valence electrons. The number of carbonyl (C=O) groups is 4. The minimum atomic E-state index is -1.92. The third-order valence-electron chi connectivity index (χ3n) is 13.0. The van der Waals surface area contributed by atoms with Crippen LogP contribution in [0.4, 0.5) is 0 Å². The Bertz CT molecular complexity index is 1630. The van der Waals surface area contributed by atoms with Crippen molar-refractivity contribution in [2.24, 2.45) is 0 Å². The molecule has 0 bridgehead atoms. The summed E-state index contributed by atoms with van der Waals surface area (Å²) in [6, 6.07) is 0. The molecular weight excluding hydrogens is 949 g/mol. The fourth-order valence-corrected chi connectivity index (χ4v) is 8.47. The van der Waals surface area contributed by atoms with Crippen LogP contribution in [0, 0.1) is 0 Å². The molecule has 0 radical (unpaired) electrons. The van der Waals surface area contributed by atoms with E-state index in [-0.39, 0.29) is 25.9 Å². The van der Waals surface area contributed by atoms with Gasteiger partial charge in [0.2, 0.25) is 0 Å². The van der Waals surface area contributed by atoms with Crippen LogP contribution in [0.5, 0.6) is 0 Å². The third kappa shape index (κ3) is 40.8. The largest absolute Gasteiger partial charge is 0.479 e. The van der Waals surface area contributed by atoms with Crippen LogP contribution in [-0.2, 0) is 42.9 Å². The first-order chi connectivity index (χ1) is 36.6. The SMILES string of the molecule is CC/C=C\C/C=C\C/C=C\C/C=C\C/C=C\CC(=O)OCC(COC1OC(C(=O)O)C(O)C(O)C1OC(=O)CCCCCCCCCCC/C=C\C/C=C\CCCCC)OC(=O)CCCCCCCCCCCCC. The summed E-state index contributed by atoms with van der Waals surface area (Å²) in [5.41, 5.74) is 0. The van der Waals surface area contributed by atoms with Gasteiger partial charge in [0.15, 0.2) is 24.6 Å². The molecule has 1 heterocycles. The Balaban J connectivity index is 2.70. The van der Waals surface area contributed by atoms with Crippen LogP contribution in [0.3, 0.4) is 0 Å². The van der Waals surface area contributed by atoms with Gasteiger partial charge in [-0.05, 0) is 77.0 Å². The van der Waals surface area contributed by atoms with Crippen LogP contribution in [0.25, 0.3) is 0 Å². The Morgan fingerprint density at radius 3 is 1.37 bits per heavy atom. The second-order valence-electron chi connectivity index (χ2n) is 19.9. The zero-order valence-electron chi connectivity index (χ0n) is 47.0. The number of unbranched alkanes of at least 4 members (excludes halogenated alkanes) is 22. The molecule has 0 aromatic rings. The van der Waals surface area contributed by atoms with Gasteiger partial charge in [-0.3, -0.25) is 14.4 Å². The number of carboxylic acid groups (broad SMARTS) is 1. The number of aliphatic hydroxyl groups is 2. The molecule has 0 aliphatic carbocycles.